The number of aryl methyl sites for hydroxylation is 2. The van der Waals surface area contributed by atoms with E-state index in [-0.39, 0.29) is 18.2 Å². The molecule has 0 unspecified atom stereocenters. The number of halogens is 3. The zero-order valence-corrected chi connectivity index (χ0v) is 21.2. The number of aromatic nitrogens is 4. The van der Waals surface area contributed by atoms with Crippen LogP contribution in [-0.2, 0) is 0 Å². The van der Waals surface area contributed by atoms with Gasteiger partial charge in [-0.1, -0.05) is 23.2 Å². The molecule has 1 fully saturated rings. The lowest BCUT2D eigenvalue weighted by molar-refractivity contribution is 0.0962. The summed E-state index contributed by atoms with van der Waals surface area (Å²) in [5.41, 5.74) is 4.13. The van der Waals surface area contributed by atoms with E-state index in [1.165, 1.54) is 0 Å². The summed E-state index contributed by atoms with van der Waals surface area (Å²) in [6, 6.07) is 7.51. The van der Waals surface area contributed by atoms with Crippen LogP contribution in [0.1, 0.15) is 33.9 Å². The average molecular weight is 510 g/mol. The Morgan fingerprint density at radius 3 is 2.30 bits per heavy atom. The van der Waals surface area contributed by atoms with Crippen LogP contribution >= 0.6 is 35.6 Å². The summed E-state index contributed by atoms with van der Waals surface area (Å²) < 4.78 is 1.64. The molecular formula is C23H27Cl3N6O. The monoisotopic (exact) mass is 508 g/mol. The molecule has 1 saturated heterocycles. The first-order valence-electron chi connectivity index (χ1n) is 10.6. The smallest absolute Gasteiger partial charge is 0.251 e. The van der Waals surface area contributed by atoms with Crippen molar-refractivity contribution in [1.29, 1.82) is 0 Å². The lowest BCUT2D eigenvalue weighted by atomic mass is 10.1. The van der Waals surface area contributed by atoms with Gasteiger partial charge in [0.1, 0.15) is 0 Å². The molecule has 2 aromatic heterocycles. The van der Waals surface area contributed by atoms with Crippen LogP contribution in [-0.4, -0.2) is 63.2 Å². The molecule has 0 bridgehead atoms. The Labute approximate surface area is 210 Å². The second-order valence-corrected chi connectivity index (χ2v) is 8.95. The summed E-state index contributed by atoms with van der Waals surface area (Å²) in [7, 11) is 0. The Bertz CT molecular complexity index is 1120. The van der Waals surface area contributed by atoms with Gasteiger partial charge in [0.2, 0.25) is 0 Å². The lowest BCUT2D eigenvalue weighted by Crippen LogP contribution is -2.47. The van der Waals surface area contributed by atoms with E-state index in [4.69, 9.17) is 23.2 Å². The van der Waals surface area contributed by atoms with Crippen molar-refractivity contribution in [2.24, 2.45) is 0 Å². The fraction of sp³-hybridized carbons (Fsp3) is 0.391. The van der Waals surface area contributed by atoms with Crippen molar-refractivity contribution in [3.63, 3.8) is 0 Å². The molecule has 33 heavy (non-hydrogen) atoms. The van der Waals surface area contributed by atoms with E-state index in [1.807, 2.05) is 39.0 Å². The highest BCUT2D eigenvalue weighted by Gasteiger charge is 2.21. The van der Waals surface area contributed by atoms with Gasteiger partial charge in [0.25, 0.3) is 5.95 Å². The molecule has 0 amide bonds. The van der Waals surface area contributed by atoms with Gasteiger partial charge in [-0.2, -0.15) is 5.10 Å². The van der Waals surface area contributed by atoms with Crippen molar-refractivity contribution in [3.05, 3.63) is 63.2 Å². The summed E-state index contributed by atoms with van der Waals surface area (Å²) in [5, 5.41) is 5.68. The zero-order valence-electron chi connectivity index (χ0n) is 18.9. The van der Waals surface area contributed by atoms with Crippen LogP contribution < -0.4 is 4.90 Å². The Balaban J connectivity index is 0.00000306. The average Bonchev–Trinajstić information content (AvgIpc) is 3.13. The normalized spacial score (nSPS) is 14.3. The fourth-order valence-corrected chi connectivity index (χ4v) is 4.56. The molecule has 3 aromatic rings. The molecule has 0 spiro atoms. The predicted molar refractivity (Wildman–Crippen MR) is 135 cm³/mol. The number of anilines is 1. The molecule has 0 radical (unpaired) electrons. The lowest BCUT2D eigenvalue weighted by Gasteiger charge is -2.36. The molecule has 0 aliphatic carbocycles. The number of Topliss-reactive ketones (excluding diaryl/α,β-unsaturated/α-hetero) is 1. The van der Waals surface area contributed by atoms with Crippen molar-refractivity contribution < 1.29 is 4.79 Å². The second-order valence-electron chi connectivity index (χ2n) is 8.10. The highest BCUT2D eigenvalue weighted by atomic mass is 35.5. The van der Waals surface area contributed by atoms with E-state index in [1.54, 1.807) is 16.9 Å². The molecule has 1 aliphatic heterocycles. The Hall–Kier alpha value is -2.19. The highest BCUT2D eigenvalue weighted by Crippen LogP contribution is 2.29. The largest absolute Gasteiger partial charge is 0.368 e. The number of nitrogens with zero attached hydrogens (tertiary/aromatic N) is 6. The molecular weight excluding hydrogens is 483 g/mol. The van der Waals surface area contributed by atoms with Gasteiger partial charge in [-0.05, 0) is 45.0 Å². The number of hydrogen-bond acceptors (Lipinski definition) is 6. The SMILES string of the molecule is Cc1cc(C)nc(-n2ncc(C(=O)CCN3CCN(c4ccc(Cl)cc4Cl)CC3)c2C)n1.Cl. The van der Waals surface area contributed by atoms with Gasteiger partial charge in [-0.15, -0.1) is 12.4 Å². The Morgan fingerprint density at radius 1 is 1.00 bits per heavy atom. The quantitative estimate of drug-likeness (QED) is 0.448. The van der Waals surface area contributed by atoms with Gasteiger partial charge in [-0.25, -0.2) is 14.6 Å². The maximum atomic E-state index is 12.9. The summed E-state index contributed by atoms with van der Waals surface area (Å²) in [5.74, 6) is 0.581. The van der Waals surface area contributed by atoms with Gasteiger partial charge in [-0.3, -0.25) is 9.69 Å². The minimum Gasteiger partial charge on any atom is -0.368 e. The number of carbonyl (C=O) groups is 1. The first kappa shape index (κ1) is 25.4. The van der Waals surface area contributed by atoms with Crippen LogP contribution in [0.4, 0.5) is 5.69 Å². The Morgan fingerprint density at radius 2 is 1.67 bits per heavy atom. The van der Waals surface area contributed by atoms with Gasteiger partial charge in [0.15, 0.2) is 5.78 Å². The Kier molecular flexibility index (Phi) is 8.34. The molecule has 3 heterocycles. The molecule has 0 N–H and O–H groups in total. The maximum absolute atomic E-state index is 12.9. The zero-order chi connectivity index (χ0) is 22.8. The fourth-order valence-electron chi connectivity index (χ4n) is 4.03. The number of ketones is 1. The number of benzene rings is 1. The molecule has 1 aromatic carbocycles. The summed E-state index contributed by atoms with van der Waals surface area (Å²) in [4.78, 5) is 26.4. The van der Waals surface area contributed by atoms with Crippen molar-refractivity contribution >= 4 is 47.1 Å². The maximum Gasteiger partial charge on any atom is 0.251 e. The van der Waals surface area contributed by atoms with E-state index in [9.17, 15) is 4.79 Å². The van der Waals surface area contributed by atoms with E-state index in [0.29, 0.717) is 34.5 Å². The van der Waals surface area contributed by atoms with Gasteiger partial charge < -0.3 is 4.90 Å². The summed E-state index contributed by atoms with van der Waals surface area (Å²) in [6.07, 6.45) is 2.07. The molecule has 1 aliphatic rings. The van der Waals surface area contributed by atoms with Crippen molar-refractivity contribution in [3.8, 4) is 5.95 Å². The minimum absolute atomic E-state index is 0. The second kappa shape index (κ2) is 10.8. The van der Waals surface area contributed by atoms with Crippen molar-refractivity contribution in [2.45, 2.75) is 27.2 Å². The number of hydrogen-bond donors (Lipinski definition) is 0. The molecule has 10 heteroatoms. The van der Waals surface area contributed by atoms with Crippen LogP contribution in [0.5, 0.6) is 0 Å². The van der Waals surface area contributed by atoms with Gasteiger partial charge in [0.05, 0.1) is 28.2 Å². The van der Waals surface area contributed by atoms with Gasteiger partial charge in [0, 0.05) is 55.6 Å². The molecule has 7 nitrogen and oxygen atoms in total. The first-order valence-corrected chi connectivity index (χ1v) is 11.4. The molecule has 176 valence electrons. The minimum atomic E-state index is 0. The molecule has 0 saturated carbocycles. The van der Waals surface area contributed by atoms with E-state index in [2.05, 4.69) is 24.9 Å². The number of piperazine rings is 1. The van der Waals surface area contributed by atoms with Gasteiger partial charge >= 0.3 is 0 Å². The summed E-state index contributed by atoms with van der Waals surface area (Å²) in [6.45, 7) is 9.91. The van der Waals surface area contributed by atoms with E-state index < -0.39 is 0 Å². The van der Waals surface area contributed by atoms with Crippen LogP contribution in [0.3, 0.4) is 0 Å². The molecule has 0 atom stereocenters. The van der Waals surface area contributed by atoms with E-state index >= 15 is 0 Å². The van der Waals surface area contributed by atoms with Crippen LogP contribution in [0.15, 0.2) is 30.5 Å². The predicted octanol–water partition coefficient (Wildman–Crippen LogP) is 4.71. The summed E-state index contributed by atoms with van der Waals surface area (Å²) >= 11 is 12.4. The topological polar surface area (TPSA) is 67.2 Å². The standard InChI is InChI=1S/C23H26Cl2N6O.ClH/c1-15-12-16(2)28-23(27-15)31-17(3)19(14-26-31)22(32)6-7-29-8-10-30(11-9-29)21-5-4-18(24)13-20(21)25;/h4-5,12-14H,6-11H2,1-3H3;1H. The number of carbonyl (C=O) groups excluding carboxylic acids is 1. The van der Waals surface area contributed by atoms with Crippen LogP contribution in [0.25, 0.3) is 5.95 Å². The third-order valence-corrected chi connectivity index (χ3v) is 6.29. The van der Waals surface area contributed by atoms with Crippen molar-refractivity contribution in [1.82, 2.24) is 24.6 Å². The number of rotatable bonds is 6. The van der Waals surface area contributed by atoms with Crippen LogP contribution in [0.2, 0.25) is 10.0 Å². The highest BCUT2D eigenvalue weighted by molar-refractivity contribution is 6.36. The van der Waals surface area contributed by atoms with E-state index in [0.717, 1.165) is 48.9 Å². The third-order valence-electron chi connectivity index (χ3n) is 5.75. The molecule has 4 rings (SSSR count). The van der Waals surface area contributed by atoms with Crippen LogP contribution in [0, 0.1) is 20.8 Å². The van der Waals surface area contributed by atoms with Crippen molar-refractivity contribution in [2.75, 3.05) is 37.6 Å². The third kappa shape index (κ3) is 5.84. The first-order chi connectivity index (χ1) is 15.3.